The third-order valence-electron chi connectivity index (χ3n) is 2.86. The summed E-state index contributed by atoms with van der Waals surface area (Å²) in [7, 11) is 0. The molecule has 2 heterocycles. The molecule has 0 aliphatic heterocycles. The monoisotopic (exact) mass is 524 g/mol. The zero-order valence-corrected chi connectivity index (χ0v) is 17.7. The molecule has 0 spiro atoms. The van der Waals surface area contributed by atoms with Gasteiger partial charge in [-0.2, -0.15) is 0 Å². The highest BCUT2D eigenvalue weighted by Crippen LogP contribution is 2.34. The van der Waals surface area contributed by atoms with Crippen molar-refractivity contribution in [2.24, 2.45) is 0 Å². The summed E-state index contributed by atoms with van der Waals surface area (Å²) in [5, 5.41) is 3.02. The molecule has 1 N–H and O–H groups in total. The van der Waals surface area contributed by atoms with E-state index in [0.717, 1.165) is 3.57 Å². The lowest BCUT2D eigenvalue weighted by molar-refractivity contribution is 0.0515. The molecular weight excluding hydrogens is 510 g/mol. The van der Waals surface area contributed by atoms with Gasteiger partial charge in [0.05, 0.1) is 8.04 Å². The van der Waals surface area contributed by atoms with Crippen LogP contribution in [0.1, 0.15) is 26.5 Å². The quantitative estimate of drug-likeness (QED) is 0.351. The molecule has 128 valence electrons. The molecule has 8 heteroatoms. The number of furan rings is 1. The standard InChI is InChI=1S/C16H15BrClIN2O3/c1-5-8(20-15(22)24-16(2,3)4)6-10-12(17)13-14(23-10)9(19)7-11(18)21-13/h1,7-8H,6H2,2-4H3,(H,20,22)/t8-/m0/s1. The molecule has 0 fully saturated rings. The van der Waals surface area contributed by atoms with Crippen molar-refractivity contribution in [2.45, 2.75) is 38.8 Å². The van der Waals surface area contributed by atoms with Gasteiger partial charge in [-0.3, -0.25) is 0 Å². The van der Waals surface area contributed by atoms with Gasteiger partial charge in [0, 0.05) is 6.42 Å². The number of hydrogen-bond acceptors (Lipinski definition) is 4. The van der Waals surface area contributed by atoms with Crippen LogP contribution in [0.4, 0.5) is 4.79 Å². The summed E-state index contributed by atoms with van der Waals surface area (Å²) < 4.78 is 12.6. The van der Waals surface area contributed by atoms with Crippen LogP contribution < -0.4 is 5.32 Å². The summed E-state index contributed by atoms with van der Waals surface area (Å²) in [6, 6.07) is 1.13. The predicted molar refractivity (Wildman–Crippen MR) is 105 cm³/mol. The van der Waals surface area contributed by atoms with E-state index in [1.807, 2.05) is 0 Å². The minimum atomic E-state index is -0.597. The molecule has 24 heavy (non-hydrogen) atoms. The smallest absolute Gasteiger partial charge is 0.408 e. The Morgan fingerprint density at radius 3 is 2.88 bits per heavy atom. The van der Waals surface area contributed by atoms with Crippen LogP contribution in [0.3, 0.4) is 0 Å². The number of carbonyl (C=O) groups is 1. The Morgan fingerprint density at radius 2 is 2.29 bits per heavy atom. The van der Waals surface area contributed by atoms with E-state index in [1.165, 1.54) is 0 Å². The maximum Gasteiger partial charge on any atom is 0.408 e. The van der Waals surface area contributed by atoms with E-state index in [-0.39, 0.29) is 0 Å². The SMILES string of the molecule is C#C[C@@H](Cc1oc2c(I)cc(Cl)nc2c1Br)NC(=O)OC(C)(C)C. The van der Waals surface area contributed by atoms with Crippen LogP contribution in [0.15, 0.2) is 15.0 Å². The summed E-state index contributed by atoms with van der Waals surface area (Å²) in [6.45, 7) is 5.35. The summed E-state index contributed by atoms with van der Waals surface area (Å²) in [5.41, 5.74) is 0.643. The fourth-order valence-electron chi connectivity index (χ4n) is 1.94. The topological polar surface area (TPSA) is 64.4 Å². The number of rotatable bonds is 3. The Labute approximate surface area is 167 Å². The number of nitrogens with one attached hydrogen (secondary N) is 1. The van der Waals surface area contributed by atoms with E-state index in [0.29, 0.717) is 32.9 Å². The lowest BCUT2D eigenvalue weighted by Crippen LogP contribution is -2.39. The molecule has 0 bridgehead atoms. The number of nitrogens with zero attached hydrogens (tertiary/aromatic N) is 1. The van der Waals surface area contributed by atoms with E-state index >= 15 is 0 Å². The van der Waals surface area contributed by atoms with E-state index < -0.39 is 17.7 Å². The second-order valence-electron chi connectivity index (χ2n) is 6.01. The van der Waals surface area contributed by atoms with Crippen LogP contribution in [0, 0.1) is 15.9 Å². The summed E-state index contributed by atoms with van der Waals surface area (Å²) in [5.74, 6) is 3.10. The highest BCUT2D eigenvalue weighted by atomic mass is 127. The van der Waals surface area contributed by atoms with Crippen LogP contribution in [0.2, 0.25) is 5.15 Å². The predicted octanol–water partition coefficient (Wildman–Crippen LogP) is 4.92. The molecule has 0 aliphatic rings. The van der Waals surface area contributed by atoms with E-state index in [4.69, 9.17) is 27.2 Å². The Kier molecular flexibility index (Phi) is 6.04. The third kappa shape index (κ3) is 4.77. The second-order valence-corrected chi connectivity index (χ2v) is 8.36. The lowest BCUT2D eigenvalue weighted by atomic mass is 10.2. The maximum atomic E-state index is 11.9. The van der Waals surface area contributed by atoms with Crippen molar-refractivity contribution in [3.05, 3.63) is 25.0 Å². The molecular formula is C16H15BrClIN2O3. The van der Waals surface area contributed by atoms with Gasteiger partial charge in [-0.15, -0.1) is 6.42 Å². The molecule has 2 aromatic rings. The molecule has 1 atom stereocenters. The van der Waals surface area contributed by atoms with Crippen molar-refractivity contribution < 1.29 is 13.9 Å². The number of aromatic nitrogens is 1. The number of alkyl carbamates (subject to hydrolysis) is 1. The van der Waals surface area contributed by atoms with Crippen LogP contribution in [0.5, 0.6) is 0 Å². The first-order chi connectivity index (χ1) is 11.1. The number of hydrogen-bond donors (Lipinski definition) is 1. The third-order valence-corrected chi connectivity index (χ3v) is 4.67. The Morgan fingerprint density at radius 1 is 1.62 bits per heavy atom. The van der Waals surface area contributed by atoms with Crippen LogP contribution in [-0.4, -0.2) is 22.7 Å². The molecule has 5 nitrogen and oxygen atoms in total. The summed E-state index contributed by atoms with van der Waals surface area (Å²) in [6.07, 6.45) is 5.23. The lowest BCUT2D eigenvalue weighted by Gasteiger charge is -2.21. The van der Waals surface area contributed by atoms with E-state index in [1.54, 1.807) is 26.8 Å². The van der Waals surface area contributed by atoms with Crippen molar-refractivity contribution in [3.63, 3.8) is 0 Å². The molecule has 0 aliphatic carbocycles. The number of amides is 1. The van der Waals surface area contributed by atoms with Crippen molar-refractivity contribution in [3.8, 4) is 12.3 Å². The number of fused-ring (bicyclic) bond motifs is 1. The van der Waals surface area contributed by atoms with Gasteiger partial charge >= 0.3 is 6.09 Å². The van der Waals surface area contributed by atoms with Crippen molar-refractivity contribution in [1.29, 1.82) is 0 Å². The van der Waals surface area contributed by atoms with Gasteiger partial charge in [0.1, 0.15) is 28.1 Å². The van der Waals surface area contributed by atoms with E-state index in [9.17, 15) is 4.79 Å². The summed E-state index contributed by atoms with van der Waals surface area (Å²) in [4.78, 5) is 16.1. The molecule has 2 rings (SSSR count). The first-order valence-corrected chi connectivity index (χ1v) is 9.24. The van der Waals surface area contributed by atoms with E-state index in [2.05, 4.69) is 54.7 Å². The largest absolute Gasteiger partial charge is 0.457 e. The zero-order valence-electron chi connectivity index (χ0n) is 13.2. The van der Waals surface area contributed by atoms with Gasteiger partial charge in [-0.05, 0) is 65.4 Å². The molecule has 0 unspecified atom stereocenters. The Balaban J connectivity index is 2.21. The second kappa shape index (κ2) is 7.50. The number of halogens is 3. The molecule has 0 saturated heterocycles. The van der Waals surface area contributed by atoms with Gasteiger partial charge in [-0.25, -0.2) is 9.78 Å². The molecule has 1 amide bonds. The fourth-order valence-corrected chi connectivity index (χ4v) is 3.49. The Bertz CT molecular complexity index is 823. The number of carbonyl (C=O) groups excluding carboxylic acids is 1. The van der Waals surface area contributed by atoms with Crippen LogP contribution in [0.25, 0.3) is 11.1 Å². The zero-order chi connectivity index (χ0) is 18.1. The first kappa shape index (κ1) is 19.3. The van der Waals surface area contributed by atoms with Gasteiger partial charge in [0.25, 0.3) is 0 Å². The van der Waals surface area contributed by atoms with Crippen molar-refractivity contribution >= 4 is 67.3 Å². The number of pyridine rings is 1. The highest BCUT2D eigenvalue weighted by Gasteiger charge is 2.22. The normalized spacial score (nSPS) is 12.7. The molecule has 2 aromatic heterocycles. The minimum absolute atomic E-state index is 0.292. The Hall–Kier alpha value is -0.980. The molecule has 0 saturated carbocycles. The summed E-state index contributed by atoms with van der Waals surface area (Å²) >= 11 is 11.6. The number of ether oxygens (including phenoxy) is 1. The average Bonchev–Trinajstić information content (AvgIpc) is 2.74. The first-order valence-electron chi connectivity index (χ1n) is 6.99. The minimum Gasteiger partial charge on any atom is -0.457 e. The van der Waals surface area contributed by atoms with Crippen molar-refractivity contribution in [2.75, 3.05) is 0 Å². The highest BCUT2D eigenvalue weighted by molar-refractivity contribution is 14.1. The van der Waals surface area contributed by atoms with Gasteiger partial charge in [-0.1, -0.05) is 17.5 Å². The van der Waals surface area contributed by atoms with Gasteiger partial charge in [0.2, 0.25) is 0 Å². The maximum absolute atomic E-state index is 11.9. The van der Waals surface area contributed by atoms with Crippen molar-refractivity contribution in [1.82, 2.24) is 10.3 Å². The van der Waals surface area contributed by atoms with Gasteiger partial charge < -0.3 is 14.5 Å². The fraction of sp³-hybridized carbons (Fsp3) is 0.375. The molecule has 0 radical (unpaired) electrons. The molecule has 0 aromatic carbocycles. The number of terminal acetylenes is 1. The van der Waals surface area contributed by atoms with Crippen LogP contribution >= 0.6 is 50.1 Å². The van der Waals surface area contributed by atoms with Crippen LogP contribution in [-0.2, 0) is 11.2 Å². The average molecular weight is 526 g/mol. The van der Waals surface area contributed by atoms with Gasteiger partial charge in [0.15, 0.2) is 5.58 Å².